The number of hydrogen-bond donors (Lipinski definition) is 1. The molecule has 8 heavy (non-hydrogen) atoms. The fraction of sp³-hybridized carbons (Fsp3) is 0.333. The van der Waals surface area contributed by atoms with E-state index in [4.69, 9.17) is 5.02 Å². The highest BCUT2D eigenvalue weighted by molar-refractivity contribution is 6.40. The Morgan fingerprint density at radius 2 is 2.50 bits per heavy atom. The van der Waals surface area contributed by atoms with E-state index < -0.39 is 7.32 Å². The monoisotopic (exact) mass is 114 g/mol. The fourth-order valence-corrected chi connectivity index (χ4v) is 0.218. The molecule has 0 heterocycles. The van der Waals surface area contributed by atoms with Crippen LogP contribution in [0.4, 0.5) is 0 Å². The van der Waals surface area contributed by atoms with Crippen molar-refractivity contribution in [1.29, 1.82) is 0 Å². The quantitative estimate of drug-likeness (QED) is 0.365. The summed E-state index contributed by atoms with van der Waals surface area (Å²) in [5, 5.41) is 8.50. The summed E-state index contributed by atoms with van der Waals surface area (Å²) < 4.78 is 8.89. The van der Waals surface area contributed by atoms with Gasteiger partial charge in [-0.1, -0.05) is 6.08 Å². The van der Waals surface area contributed by atoms with Gasteiger partial charge in [-0.05, 0) is 0 Å². The maximum Gasteiger partial charge on any atom is 0.620 e. The Kier molecular flexibility index (Phi) is 4.74. The minimum atomic E-state index is -1.12. The second-order valence-corrected chi connectivity index (χ2v) is 1.16. The molecule has 0 aromatic heterocycles. The summed E-state index contributed by atoms with van der Waals surface area (Å²) in [4.78, 5) is 0. The lowest BCUT2D eigenvalue weighted by Crippen LogP contribution is -2.20. The molecule has 0 radical (unpaired) electrons. The van der Waals surface area contributed by atoms with Gasteiger partial charge in [-0.2, -0.15) is 0 Å². The normalized spacial score (nSPS) is 8.62. The molecule has 0 aliphatic rings. The lowest BCUT2D eigenvalue weighted by molar-refractivity contribution is 0.221. The third kappa shape index (κ3) is 3.92. The molecule has 0 aromatic rings. The Balaban J connectivity index is 2.97. The molecule has 0 saturated carbocycles. The summed E-state index contributed by atoms with van der Waals surface area (Å²) in [5.41, 5.74) is 0. The molecule has 0 aliphatic heterocycles. The first-order valence-electron chi connectivity index (χ1n) is 2.24. The lowest BCUT2D eigenvalue weighted by Gasteiger charge is -2.00. The van der Waals surface area contributed by atoms with Gasteiger partial charge in [-0.3, -0.25) is 0 Å². The average Bonchev–Trinajstić information content (AvgIpc) is 1.83. The van der Waals surface area contributed by atoms with Crippen molar-refractivity contribution in [3.05, 3.63) is 12.7 Å². The zero-order chi connectivity index (χ0) is 6.41. The minimum absolute atomic E-state index is 0.301. The molecule has 5 heteroatoms. The third-order valence-electron chi connectivity index (χ3n) is 0.558. The zero-order valence-electron chi connectivity index (χ0n) is 4.83. The Morgan fingerprint density at radius 1 is 1.88 bits per heavy atom. The summed E-state index contributed by atoms with van der Waals surface area (Å²) in [6.45, 7) is 3.68. The van der Waals surface area contributed by atoms with Crippen LogP contribution in [-0.4, -0.2) is 27.0 Å². The number of rotatable bonds is 4. The van der Waals surface area contributed by atoms with E-state index in [1.165, 1.54) is 14.1 Å². The Labute approximate surface area is 49.9 Å². The molecule has 0 aromatic carbocycles. The highest BCUT2D eigenvalue weighted by Crippen LogP contribution is 1.79. The van der Waals surface area contributed by atoms with E-state index in [9.17, 15) is 0 Å². The van der Waals surface area contributed by atoms with Crippen molar-refractivity contribution in [2.45, 2.75) is 0 Å². The standard InChI is InChI=1S/C3H8B2O3/c1-2-3-7-5(6)8-4/h2,6H,1,3-4H2. The van der Waals surface area contributed by atoms with Gasteiger partial charge in [0.25, 0.3) is 0 Å². The summed E-state index contributed by atoms with van der Waals surface area (Å²) in [5.74, 6) is 0. The van der Waals surface area contributed by atoms with Crippen LogP contribution in [0.15, 0.2) is 12.7 Å². The predicted molar refractivity (Wildman–Crippen MR) is 33.8 cm³/mol. The van der Waals surface area contributed by atoms with Gasteiger partial charge in [0.2, 0.25) is 8.05 Å². The van der Waals surface area contributed by atoms with Crippen LogP contribution in [0.25, 0.3) is 0 Å². The average molecular weight is 114 g/mol. The van der Waals surface area contributed by atoms with E-state index in [1.807, 2.05) is 0 Å². The van der Waals surface area contributed by atoms with Crippen molar-refractivity contribution in [1.82, 2.24) is 0 Å². The molecule has 0 saturated heterocycles. The molecular formula is C3H8B2O3. The highest BCUT2D eigenvalue weighted by atomic mass is 16.7. The van der Waals surface area contributed by atoms with Gasteiger partial charge in [0, 0.05) is 0 Å². The van der Waals surface area contributed by atoms with E-state index >= 15 is 0 Å². The van der Waals surface area contributed by atoms with Crippen LogP contribution < -0.4 is 0 Å². The minimum Gasteiger partial charge on any atom is -0.455 e. The molecule has 44 valence electrons. The maximum atomic E-state index is 8.50. The van der Waals surface area contributed by atoms with Gasteiger partial charge in [-0.15, -0.1) is 6.58 Å². The van der Waals surface area contributed by atoms with Crippen molar-refractivity contribution >= 4 is 15.4 Å². The van der Waals surface area contributed by atoms with Gasteiger partial charge in [-0.25, -0.2) is 0 Å². The molecule has 0 bridgehead atoms. The summed E-state index contributed by atoms with van der Waals surface area (Å²) in [6, 6.07) is 0. The van der Waals surface area contributed by atoms with E-state index in [0.717, 1.165) is 0 Å². The topological polar surface area (TPSA) is 38.7 Å². The Morgan fingerprint density at radius 3 is 2.88 bits per heavy atom. The SMILES string of the molecule is BOB(O)OCC=C. The molecule has 0 aliphatic carbocycles. The van der Waals surface area contributed by atoms with Crippen molar-refractivity contribution in [3.8, 4) is 0 Å². The van der Waals surface area contributed by atoms with Crippen LogP contribution in [-0.2, 0) is 9.23 Å². The predicted octanol–water partition coefficient (Wildman–Crippen LogP) is -1.27. The molecule has 0 amide bonds. The first kappa shape index (κ1) is 7.75. The fourth-order valence-electron chi connectivity index (χ4n) is 0.218. The van der Waals surface area contributed by atoms with Crippen molar-refractivity contribution in [2.24, 2.45) is 0 Å². The van der Waals surface area contributed by atoms with Gasteiger partial charge < -0.3 is 14.3 Å². The molecular weight excluding hydrogens is 106 g/mol. The molecule has 0 atom stereocenters. The summed E-state index contributed by atoms with van der Waals surface area (Å²) in [6.07, 6.45) is 1.53. The largest absolute Gasteiger partial charge is 0.620 e. The molecule has 3 nitrogen and oxygen atoms in total. The second kappa shape index (κ2) is 4.90. The van der Waals surface area contributed by atoms with E-state index in [0.29, 0.717) is 6.61 Å². The maximum absolute atomic E-state index is 8.50. The van der Waals surface area contributed by atoms with E-state index in [1.54, 1.807) is 0 Å². The first-order valence-corrected chi connectivity index (χ1v) is 2.24. The second-order valence-electron chi connectivity index (χ2n) is 1.16. The summed E-state index contributed by atoms with van der Waals surface area (Å²) in [7, 11) is 0.237. The van der Waals surface area contributed by atoms with Gasteiger partial charge in [0.15, 0.2) is 0 Å². The smallest absolute Gasteiger partial charge is 0.455 e. The number of hydrogen-bond acceptors (Lipinski definition) is 3. The molecule has 0 unspecified atom stereocenters. The molecule has 0 spiro atoms. The highest BCUT2D eigenvalue weighted by Gasteiger charge is 2.08. The zero-order valence-corrected chi connectivity index (χ0v) is 4.83. The van der Waals surface area contributed by atoms with Crippen LogP contribution >= 0.6 is 0 Å². The molecule has 1 N–H and O–H groups in total. The van der Waals surface area contributed by atoms with Crippen molar-refractivity contribution in [2.75, 3.05) is 6.61 Å². The van der Waals surface area contributed by atoms with Crippen LogP contribution in [0.1, 0.15) is 0 Å². The van der Waals surface area contributed by atoms with Crippen LogP contribution in [0, 0.1) is 0 Å². The van der Waals surface area contributed by atoms with Gasteiger partial charge >= 0.3 is 7.32 Å². The Bertz CT molecular complexity index is 67.5. The molecule has 0 rings (SSSR count). The Hall–Kier alpha value is -0.250. The van der Waals surface area contributed by atoms with E-state index in [2.05, 4.69) is 15.8 Å². The van der Waals surface area contributed by atoms with Gasteiger partial charge in [0.1, 0.15) is 0 Å². The van der Waals surface area contributed by atoms with Gasteiger partial charge in [0.05, 0.1) is 6.61 Å². The van der Waals surface area contributed by atoms with Crippen molar-refractivity contribution in [3.63, 3.8) is 0 Å². The first-order chi connectivity index (χ1) is 3.81. The van der Waals surface area contributed by atoms with Crippen molar-refractivity contribution < 1.29 is 14.3 Å². The summed E-state index contributed by atoms with van der Waals surface area (Å²) >= 11 is 0. The third-order valence-corrected chi connectivity index (χ3v) is 0.558. The molecule has 0 fully saturated rings. The van der Waals surface area contributed by atoms with E-state index in [-0.39, 0.29) is 0 Å². The van der Waals surface area contributed by atoms with Crippen LogP contribution in [0.5, 0.6) is 0 Å². The lowest BCUT2D eigenvalue weighted by atomic mass is 10.2. The van der Waals surface area contributed by atoms with Crippen LogP contribution in [0.2, 0.25) is 0 Å². The van der Waals surface area contributed by atoms with Crippen LogP contribution in [0.3, 0.4) is 0 Å².